The van der Waals surface area contributed by atoms with Crippen molar-refractivity contribution in [1.29, 1.82) is 0 Å². The van der Waals surface area contributed by atoms with Gasteiger partial charge in [-0.25, -0.2) is 4.98 Å². The highest BCUT2D eigenvalue weighted by atomic mass is 16.5. The number of benzene rings is 1. The van der Waals surface area contributed by atoms with Crippen molar-refractivity contribution in [2.75, 3.05) is 32.8 Å². The van der Waals surface area contributed by atoms with Gasteiger partial charge in [-0.3, -0.25) is 9.80 Å². The first-order chi connectivity index (χ1) is 13.8. The van der Waals surface area contributed by atoms with E-state index in [4.69, 9.17) is 4.74 Å². The van der Waals surface area contributed by atoms with Crippen molar-refractivity contribution < 1.29 is 4.74 Å². The monoisotopic (exact) mass is 382 g/mol. The van der Waals surface area contributed by atoms with Gasteiger partial charge in [-0.05, 0) is 62.7 Å². The van der Waals surface area contributed by atoms with Crippen LogP contribution in [0.5, 0.6) is 0 Å². The van der Waals surface area contributed by atoms with E-state index in [1.807, 2.05) is 6.20 Å². The fourth-order valence-electron chi connectivity index (χ4n) is 4.61. The molecule has 28 heavy (non-hydrogen) atoms. The van der Waals surface area contributed by atoms with E-state index < -0.39 is 0 Å². The first-order valence-electron chi connectivity index (χ1n) is 10.8. The fourth-order valence-corrected chi connectivity index (χ4v) is 4.61. The molecule has 4 rings (SSSR count). The third-order valence-corrected chi connectivity index (χ3v) is 6.31. The second kappa shape index (κ2) is 9.68. The Morgan fingerprint density at radius 2 is 2.04 bits per heavy atom. The average molecular weight is 383 g/mol. The minimum atomic E-state index is 0.407. The number of aryl methyl sites for hydroxylation is 1. The molecule has 0 radical (unpaired) electrons. The zero-order valence-electron chi connectivity index (χ0n) is 17.1. The van der Waals surface area contributed by atoms with Gasteiger partial charge in [0.1, 0.15) is 0 Å². The molecule has 0 unspecified atom stereocenters. The third-order valence-electron chi connectivity index (χ3n) is 6.31. The molecule has 1 aromatic heterocycles. The Morgan fingerprint density at radius 3 is 2.75 bits per heavy atom. The number of H-pyrrole nitrogens is 1. The summed E-state index contributed by atoms with van der Waals surface area (Å²) < 4.78 is 5.91. The Balaban J connectivity index is 1.28. The zero-order chi connectivity index (χ0) is 19.2. The first-order valence-corrected chi connectivity index (χ1v) is 10.8. The molecule has 2 aromatic rings. The maximum absolute atomic E-state index is 5.91. The van der Waals surface area contributed by atoms with Gasteiger partial charge in [-0.1, -0.05) is 24.3 Å². The number of hydrogen-bond acceptors (Lipinski definition) is 4. The number of ether oxygens (including phenoxy) is 1. The van der Waals surface area contributed by atoms with E-state index in [2.05, 4.69) is 51.0 Å². The van der Waals surface area contributed by atoms with Crippen molar-refractivity contribution in [1.82, 2.24) is 19.8 Å². The van der Waals surface area contributed by atoms with Crippen LogP contribution in [0.1, 0.15) is 42.5 Å². The van der Waals surface area contributed by atoms with E-state index in [-0.39, 0.29) is 0 Å². The molecule has 5 nitrogen and oxygen atoms in total. The predicted molar refractivity (Wildman–Crippen MR) is 112 cm³/mol. The van der Waals surface area contributed by atoms with Crippen LogP contribution in [-0.2, 0) is 17.8 Å². The van der Waals surface area contributed by atoms with Crippen LogP contribution in [0.25, 0.3) is 0 Å². The van der Waals surface area contributed by atoms with Crippen LogP contribution in [0, 0.1) is 12.8 Å². The summed E-state index contributed by atoms with van der Waals surface area (Å²) in [4.78, 5) is 12.7. The molecule has 5 heteroatoms. The number of aromatic amines is 1. The Labute approximate surface area is 169 Å². The van der Waals surface area contributed by atoms with E-state index in [0.717, 1.165) is 38.7 Å². The molecular weight excluding hydrogens is 348 g/mol. The fraction of sp³-hybridized carbons (Fsp3) is 0.609. The quantitative estimate of drug-likeness (QED) is 0.757. The van der Waals surface area contributed by atoms with Crippen molar-refractivity contribution in [3.05, 3.63) is 53.6 Å². The van der Waals surface area contributed by atoms with E-state index in [0.29, 0.717) is 6.10 Å². The molecule has 2 fully saturated rings. The number of piperidine rings is 1. The van der Waals surface area contributed by atoms with E-state index in [1.165, 1.54) is 55.6 Å². The molecule has 0 bridgehead atoms. The van der Waals surface area contributed by atoms with Crippen LogP contribution >= 0.6 is 0 Å². The minimum absolute atomic E-state index is 0.407. The Hall–Kier alpha value is -1.69. The Morgan fingerprint density at radius 1 is 1.18 bits per heavy atom. The summed E-state index contributed by atoms with van der Waals surface area (Å²) in [6.07, 6.45) is 9.13. The van der Waals surface area contributed by atoms with Gasteiger partial charge in [0.15, 0.2) is 0 Å². The van der Waals surface area contributed by atoms with Gasteiger partial charge >= 0.3 is 0 Å². The summed E-state index contributed by atoms with van der Waals surface area (Å²) in [6, 6.07) is 8.79. The highest BCUT2D eigenvalue weighted by Gasteiger charge is 2.25. The number of nitrogens with zero attached hydrogens (tertiary/aromatic N) is 3. The number of aromatic nitrogens is 2. The van der Waals surface area contributed by atoms with Gasteiger partial charge in [-0.2, -0.15) is 0 Å². The van der Waals surface area contributed by atoms with E-state index in [1.54, 1.807) is 6.33 Å². The average Bonchev–Trinajstić information content (AvgIpc) is 3.39. The lowest BCUT2D eigenvalue weighted by molar-refractivity contribution is 0.0566. The van der Waals surface area contributed by atoms with Gasteiger partial charge in [0, 0.05) is 44.7 Å². The molecule has 0 aliphatic carbocycles. The van der Waals surface area contributed by atoms with Crippen LogP contribution < -0.4 is 0 Å². The van der Waals surface area contributed by atoms with Crippen LogP contribution in [0.2, 0.25) is 0 Å². The van der Waals surface area contributed by atoms with Crippen LogP contribution in [0.15, 0.2) is 36.8 Å². The SMILES string of the molecule is Cc1ccccc1CN1CCC(CN(Cc2cnc[nH]2)C[C@@H]2CCCO2)CC1. The van der Waals surface area contributed by atoms with Crippen LogP contribution in [0.4, 0.5) is 0 Å². The Bertz CT molecular complexity index is 703. The van der Waals surface area contributed by atoms with Crippen LogP contribution in [0.3, 0.4) is 0 Å². The lowest BCUT2D eigenvalue weighted by Gasteiger charge is -2.35. The topological polar surface area (TPSA) is 44.4 Å². The summed E-state index contributed by atoms with van der Waals surface area (Å²) in [5.74, 6) is 0.775. The van der Waals surface area contributed by atoms with Crippen molar-refractivity contribution in [2.45, 2.75) is 51.8 Å². The largest absolute Gasteiger partial charge is 0.377 e. The van der Waals surface area contributed by atoms with E-state index >= 15 is 0 Å². The number of imidazole rings is 1. The first kappa shape index (κ1) is 19.6. The number of nitrogens with one attached hydrogen (secondary N) is 1. The highest BCUT2D eigenvalue weighted by Crippen LogP contribution is 2.23. The molecule has 1 N–H and O–H groups in total. The Kier molecular flexibility index (Phi) is 6.78. The number of rotatable bonds is 8. The van der Waals surface area contributed by atoms with Crippen molar-refractivity contribution in [3.8, 4) is 0 Å². The molecule has 0 spiro atoms. The van der Waals surface area contributed by atoms with Gasteiger partial charge < -0.3 is 9.72 Å². The maximum atomic E-state index is 5.91. The molecule has 2 saturated heterocycles. The zero-order valence-corrected chi connectivity index (χ0v) is 17.1. The molecule has 0 saturated carbocycles. The second-order valence-corrected chi connectivity index (χ2v) is 8.55. The molecule has 0 amide bonds. The van der Waals surface area contributed by atoms with Gasteiger partial charge in [0.05, 0.1) is 12.4 Å². The molecule has 2 aliphatic heterocycles. The summed E-state index contributed by atoms with van der Waals surface area (Å²) >= 11 is 0. The maximum Gasteiger partial charge on any atom is 0.0922 e. The minimum Gasteiger partial charge on any atom is -0.377 e. The van der Waals surface area contributed by atoms with Gasteiger partial charge in [0.2, 0.25) is 0 Å². The van der Waals surface area contributed by atoms with E-state index in [9.17, 15) is 0 Å². The summed E-state index contributed by atoms with van der Waals surface area (Å²) in [7, 11) is 0. The summed E-state index contributed by atoms with van der Waals surface area (Å²) in [5, 5.41) is 0. The molecule has 3 heterocycles. The lowest BCUT2D eigenvalue weighted by atomic mass is 9.95. The smallest absolute Gasteiger partial charge is 0.0922 e. The summed E-state index contributed by atoms with van der Waals surface area (Å²) in [5.41, 5.74) is 4.09. The van der Waals surface area contributed by atoms with Gasteiger partial charge in [0.25, 0.3) is 0 Å². The molecule has 2 aliphatic rings. The normalized spacial score (nSPS) is 21.6. The molecule has 1 aromatic carbocycles. The number of hydrogen-bond donors (Lipinski definition) is 1. The molecule has 1 atom stereocenters. The van der Waals surface area contributed by atoms with Gasteiger partial charge in [-0.15, -0.1) is 0 Å². The highest BCUT2D eigenvalue weighted by molar-refractivity contribution is 5.25. The lowest BCUT2D eigenvalue weighted by Crippen LogP contribution is -2.40. The number of likely N-dealkylation sites (tertiary alicyclic amines) is 1. The third kappa shape index (κ3) is 5.43. The second-order valence-electron chi connectivity index (χ2n) is 8.55. The van der Waals surface area contributed by atoms with Crippen molar-refractivity contribution >= 4 is 0 Å². The molecule has 152 valence electrons. The van der Waals surface area contributed by atoms with Crippen molar-refractivity contribution in [2.24, 2.45) is 5.92 Å². The standard InChI is InChI=1S/C23H34N4O/c1-19-5-2-3-6-21(19)15-26-10-8-20(9-11-26)14-27(16-22-13-24-18-25-22)17-23-7-4-12-28-23/h2-3,5-6,13,18,20,23H,4,7-12,14-17H2,1H3,(H,24,25)/t23-/m0/s1. The van der Waals surface area contributed by atoms with Crippen molar-refractivity contribution in [3.63, 3.8) is 0 Å². The predicted octanol–water partition coefficient (Wildman–Crippen LogP) is 3.61. The van der Waals surface area contributed by atoms with Crippen LogP contribution in [-0.4, -0.2) is 58.7 Å². The summed E-state index contributed by atoms with van der Waals surface area (Å²) in [6.45, 7) is 9.81. The molecular formula is C23H34N4O.